The van der Waals surface area contributed by atoms with Gasteiger partial charge in [-0.05, 0) is 42.1 Å². The number of fused-ring (bicyclic) bond motifs is 1. The van der Waals surface area contributed by atoms with Crippen LogP contribution in [0.15, 0.2) is 55.0 Å². The summed E-state index contributed by atoms with van der Waals surface area (Å²) in [6, 6.07) is 12.5. The number of hydrogen-bond donors (Lipinski definition) is 1. The molecule has 0 spiro atoms. The highest BCUT2D eigenvalue weighted by atomic mass is 14.9. The third kappa shape index (κ3) is 2.65. The zero-order valence-corrected chi connectivity index (χ0v) is 12.4. The maximum absolute atomic E-state index is 4.65. The topological polar surface area (TPSA) is 37.8 Å². The molecule has 0 amide bonds. The first-order chi connectivity index (χ1) is 10.3. The number of benzene rings is 1. The third-order valence-electron chi connectivity index (χ3n) is 3.78. The van der Waals surface area contributed by atoms with Crippen molar-refractivity contribution in [2.45, 2.75) is 19.9 Å². The summed E-state index contributed by atoms with van der Waals surface area (Å²) in [5, 5.41) is 5.95. The van der Waals surface area contributed by atoms with E-state index in [0.717, 1.165) is 12.2 Å². The normalized spacial score (nSPS) is 12.5. The number of nitrogens with one attached hydrogen (secondary N) is 1. The predicted octanol–water partition coefficient (Wildman–Crippen LogP) is 3.64. The van der Waals surface area contributed by atoms with E-state index in [4.69, 9.17) is 0 Å². The Hall–Kier alpha value is -2.26. The first-order valence-corrected chi connectivity index (χ1v) is 7.28. The lowest BCUT2D eigenvalue weighted by atomic mass is 9.97. The average Bonchev–Trinajstić information content (AvgIpc) is 2.53. The molecular weight excluding hydrogens is 258 g/mol. The summed E-state index contributed by atoms with van der Waals surface area (Å²) in [7, 11) is 0. The molecule has 0 saturated heterocycles. The van der Waals surface area contributed by atoms with Crippen molar-refractivity contribution in [2.24, 2.45) is 0 Å². The Morgan fingerprint density at radius 1 is 1.10 bits per heavy atom. The standard InChI is InChI=1S/C18H19N3/c1-3-20-18(16-12-19-10-8-13(16)2)17-15-7-5-4-6-14(15)9-11-21-17/h4-12,18,20H,3H2,1-2H3. The monoisotopic (exact) mass is 277 g/mol. The fourth-order valence-electron chi connectivity index (χ4n) is 2.71. The van der Waals surface area contributed by atoms with Crippen LogP contribution < -0.4 is 5.32 Å². The minimum atomic E-state index is 0.0646. The Kier molecular flexibility index (Phi) is 3.93. The molecule has 0 saturated carbocycles. The summed E-state index contributed by atoms with van der Waals surface area (Å²) in [4.78, 5) is 8.94. The smallest absolute Gasteiger partial charge is 0.0775 e. The molecule has 1 unspecified atom stereocenters. The highest BCUT2D eigenvalue weighted by molar-refractivity contribution is 5.85. The summed E-state index contributed by atoms with van der Waals surface area (Å²) < 4.78 is 0. The zero-order valence-electron chi connectivity index (χ0n) is 12.4. The van der Waals surface area contributed by atoms with Crippen LogP contribution >= 0.6 is 0 Å². The summed E-state index contributed by atoms with van der Waals surface area (Å²) >= 11 is 0. The largest absolute Gasteiger partial charge is 0.305 e. The molecule has 1 N–H and O–H groups in total. The molecule has 1 atom stereocenters. The van der Waals surface area contributed by atoms with Gasteiger partial charge in [0.05, 0.1) is 11.7 Å². The van der Waals surface area contributed by atoms with Gasteiger partial charge >= 0.3 is 0 Å². The van der Waals surface area contributed by atoms with Gasteiger partial charge in [0.2, 0.25) is 0 Å². The van der Waals surface area contributed by atoms with E-state index in [1.807, 2.05) is 24.7 Å². The van der Waals surface area contributed by atoms with Gasteiger partial charge in [0.1, 0.15) is 0 Å². The maximum Gasteiger partial charge on any atom is 0.0775 e. The van der Waals surface area contributed by atoms with Crippen molar-refractivity contribution in [3.8, 4) is 0 Å². The molecule has 2 heterocycles. The van der Waals surface area contributed by atoms with Gasteiger partial charge in [-0.2, -0.15) is 0 Å². The van der Waals surface area contributed by atoms with Crippen molar-refractivity contribution in [1.82, 2.24) is 15.3 Å². The van der Waals surface area contributed by atoms with Crippen LogP contribution in [-0.4, -0.2) is 16.5 Å². The SMILES string of the molecule is CCNC(c1cnccc1C)c1nccc2ccccc12. The first kappa shape index (κ1) is 13.7. The first-order valence-electron chi connectivity index (χ1n) is 7.28. The van der Waals surface area contributed by atoms with Gasteiger partial charge in [-0.25, -0.2) is 0 Å². The van der Waals surface area contributed by atoms with Gasteiger partial charge in [-0.3, -0.25) is 9.97 Å². The van der Waals surface area contributed by atoms with Crippen LogP contribution in [-0.2, 0) is 0 Å². The Morgan fingerprint density at radius 3 is 2.76 bits per heavy atom. The summed E-state index contributed by atoms with van der Waals surface area (Å²) in [5.74, 6) is 0. The van der Waals surface area contributed by atoms with E-state index in [0.29, 0.717) is 0 Å². The van der Waals surface area contributed by atoms with Gasteiger partial charge in [-0.15, -0.1) is 0 Å². The number of pyridine rings is 2. The number of nitrogens with zero attached hydrogens (tertiary/aromatic N) is 2. The summed E-state index contributed by atoms with van der Waals surface area (Å²) in [6.07, 6.45) is 5.65. The van der Waals surface area contributed by atoms with E-state index in [9.17, 15) is 0 Å². The predicted molar refractivity (Wildman–Crippen MR) is 86.2 cm³/mol. The number of hydrogen-bond acceptors (Lipinski definition) is 3. The highest BCUT2D eigenvalue weighted by Crippen LogP contribution is 2.28. The second-order valence-corrected chi connectivity index (χ2v) is 5.14. The highest BCUT2D eigenvalue weighted by Gasteiger charge is 2.18. The third-order valence-corrected chi connectivity index (χ3v) is 3.78. The fourth-order valence-corrected chi connectivity index (χ4v) is 2.71. The lowest BCUT2D eigenvalue weighted by Crippen LogP contribution is -2.24. The second-order valence-electron chi connectivity index (χ2n) is 5.14. The van der Waals surface area contributed by atoms with Crippen LogP contribution in [0.5, 0.6) is 0 Å². The van der Waals surface area contributed by atoms with Gasteiger partial charge in [0.25, 0.3) is 0 Å². The fraction of sp³-hybridized carbons (Fsp3) is 0.222. The van der Waals surface area contributed by atoms with E-state index in [1.54, 1.807) is 0 Å². The molecule has 106 valence electrons. The molecular formula is C18H19N3. The zero-order chi connectivity index (χ0) is 14.7. The molecule has 3 nitrogen and oxygen atoms in total. The molecule has 21 heavy (non-hydrogen) atoms. The van der Waals surface area contributed by atoms with E-state index in [1.165, 1.54) is 21.9 Å². The lowest BCUT2D eigenvalue weighted by Gasteiger charge is -2.21. The van der Waals surface area contributed by atoms with Crippen LogP contribution in [0.3, 0.4) is 0 Å². The number of aryl methyl sites for hydroxylation is 1. The minimum Gasteiger partial charge on any atom is -0.305 e. The quantitative estimate of drug-likeness (QED) is 0.791. The molecule has 3 rings (SSSR count). The molecule has 0 aliphatic heterocycles. The van der Waals surface area contributed by atoms with E-state index < -0.39 is 0 Å². The van der Waals surface area contributed by atoms with E-state index in [-0.39, 0.29) is 6.04 Å². The molecule has 2 aromatic heterocycles. The van der Waals surface area contributed by atoms with Crippen molar-refractivity contribution in [3.63, 3.8) is 0 Å². The maximum atomic E-state index is 4.65. The molecule has 0 aliphatic rings. The van der Waals surface area contributed by atoms with Gasteiger partial charge in [0, 0.05) is 24.0 Å². The Bertz CT molecular complexity index is 747. The van der Waals surface area contributed by atoms with Crippen molar-refractivity contribution < 1.29 is 0 Å². The van der Waals surface area contributed by atoms with Crippen LogP contribution in [0.25, 0.3) is 10.8 Å². The summed E-state index contributed by atoms with van der Waals surface area (Å²) in [6.45, 7) is 5.11. The van der Waals surface area contributed by atoms with Crippen molar-refractivity contribution >= 4 is 10.8 Å². The number of rotatable bonds is 4. The molecule has 0 fully saturated rings. The molecule has 3 heteroatoms. The molecule has 0 bridgehead atoms. The Balaban J connectivity index is 2.19. The van der Waals surface area contributed by atoms with Crippen LogP contribution in [0.2, 0.25) is 0 Å². The van der Waals surface area contributed by atoms with E-state index >= 15 is 0 Å². The van der Waals surface area contributed by atoms with Crippen LogP contribution in [0.1, 0.15) is 29.8 Å². The number of aromatic nitrogens is 2. The van der Waals surface area contributed by atoms with Gasteiger partial charge in [0.15, 0.2) is 0 Å². The average molecular weight is 277 g/mol. The molecule has 1 aromatic carbocycles. The van der Waals surface area contributed by atoms with Gasteiger partial charge < -0.3 is 5.32 Å². The van der Waals surface area contributed by atoms with E-state index in [2.05, 4.69) is 59.5 Å². The lowest BCUT2D eigenvalue weighted by molar-refractivity contribution is 0.615. The van der Waals surface area contributed by atoms with Crippen molar-refractivity contribution in [2.75, 3.05) is 6.54 Å². The van der Waals surface area contributed by atoms with Crippen LogP contribution in [0.4, 0.5) is 0 Å². The van der Waals surface area contributed by atoms with Crippen molar-refractivity contribution in [3.05, 3.63) is 71.8 Å². The Morgan fingerprint density at radius 2 is 1.95 bits per heavy atom. The van der Waals surface area contributed by atoms with Gasteiger partial charge in [-0.1, -0.05) is 31.2 Å². The molecule has 0 radical (unpaired) electrons. The van der Waals surface area contributed by atoms with Crippen LogP contribution in [0, 0.1) is 6.92 Å². The van der Waals surface area contributed by atoms with Crippen molar-refractivity contribution in [1.29, 1.82) is 0 Å². The summed E-state index contributed by atoms with van der Waals surface area (Å²) in [5.41, 5.74) is 3.47. The second kappa shape index (κ2) is 6.02. The Labute approximate surface area is 125 Å². The molecule has 0 aliphatic carbocycles. The molecule has 3 aromatic rings. The minimum absolute atomic E-state index is 0.0646.